The first-order valence-electron chi connectivity index (χ1n) is 6.02. The molecule has 2 rings (SSSR count). The van der Waals surface area contributed by atoms with Crippen molar-refractivity contribution in [3.05, 3.63) is 58.4 Å². The molecule has 1 unspecified atom stereocenters. The second kappa shape index (κ2) is 5.40. The summed E-state index contributed by atoms with van der Waals surface area (Å²) in [6.45, 7) is 6.23. The van der Waals surface area contributed by atoms with Crippen molar-refractivity contribution in [3.8, 4) is 0 Å². The molecule has 3 heteroatoms. The summed E-state index contributed by atoms with van der Waals surface area (Å²) < 4.78 is 0. The summed E-state index contributed by atoms with van der Waals surface area (Å²) in [4.78, 5) is 4.10. The average molecular weight is 261 g/mol. The average Bonchev–Trinajstić information content (AvgIpc) is 2.34. The predicted octanol–water partition coefficient (Wildman–Crippen LogP) is 4.52. The molecular formula is C15H17ClN2. The van der Waals surface area contributed by atoms with Crippen LogP contribution >= 0.6 is 11.6 Å². The summed E-state index contributed by atoms with van der Waals surface area (Å²) >= 11 is 6.11. The van der Waals surface area contributed by atoms with Gasteiger partial charge in [0.05, 0.1) is 5.69 Å². The van der Waals surface area contributed by atoms with Crippen LogP contribution in [0.2, 0.25) is 5.15 Å². The third-order valence-electron chi connectivity index (χ3n) is 3.05. The molecule has 0 aliphatic heterocycles. The summed E-state index contributed by atoms with van der Waals surface area (Å²) in [5.74, 6) is 0. The number of hydrogen-bond acceptors (Lipinski definition) is 2. The molecule has 2 aromatic rings. The quantitative estimate of drug-likeness (QED) is 0.821. The molecule has 1 heterocycles. The van der Waals surface area contributed by atoms with E-state index in [1.807, 2.05) is 13.0 Å². The van der Waals surface area contributed by atoms with Crippen molar-refractivity contribution in [2.75, 3.05) is 5.32 Å². The van der Waals surface area contributed by atoms with Crippen molar-refractivity contribution < 1.29 is 0 Å². The topological polar surface area (TPSA) is 24.9 Å². The lowest BCUT2D eigenvalue weighted by molar-refractivity contribution is 0.880. The highest BCUT2D eigenvalue weighted by Crippen LogP contribution is 2.27. The lowest BCUT2D eigenvalue weighted by Gasteiger charge is -2.18. The van der Waals surface area contributed by atoms with Gasteiger partial charge < -0.3 is 5.32 Å². The van der Waals surface area contributed by atoms with E-state index >= 15 is 0 Å². The first-order chi connectivity index (χ1) is 8.58. The first kappa shape index (κ1) is 12.9. The Morgan fingerprint density at radius 1 is 1.11 bits per heavy atom. The Balaban J connectivity index is 2.21. The van der Waals surface area contributed by atoms with E-state index in [0.29, 0.717) is 5.15 Å². The van der Waals surface area contributed by atoms with Gasteiger partial charge in [-0.2, -0.15) is 0 Å². The Morgan fingerprint density at radius 3 is 2.39 bits per heavy atom. The van der Waals surface area contributed by atoms with Gasteiger partial charge in [-0.25, -0.2) is 4.98 Å². The van der Waals surface area contributed by atoms with E-state index in [-0.39, 0.29) is 6.04 Å². The van der Waals surface area contributed by atoms with Crippen LogP contribution in [0.1, 0.15) is 29.7 Å². The minimum absolute atomic E-state index is 0.200. The van der Waals surface area contributed by atoms with Gasteiger partial charge in [-0.3, -0.25) is 0 Å². The minimum Gasteiger partial charge on any atom is -0.376 e. The lowest BCUT2D eigenvalue weighted by Crippen LogP contribution is -2.08. The van der Waals surface area contributed by atoms with E-state index in [2.05, 4.69) is 48.4 Å². The van der Waals surface area contributed by atoms with Gasteiger partial charge >= 0.3 is 0 Å². The van der Waals surface area contributed by atoms with Crippen LogP contribution < -0.4 is 5.32 Å². The molecule has 18 heavy (non-hydrogen) atoms. The van der Waals surface area contributed by atoms with E-state index in [9.17, 15) is 0 Å². The van der Waals surface area contributed by atoms with Gasteiger partial charge in [0.25, 0.3) is 0 Å². The fourth-order valence-electron chi connectivity index (χ4n) is 1.85. The van der Waals surface area contributed by atoms with Crippen LogP contribution in [0.25, 0.3) is 0 Å². The van der Waals surface area contributed by atoms with Crippen LogP contribution in [0.3, 0.4) is 0 Å². The molecule has 2 nitrogen and oxygen atoms in total. The van der Waals surface area contributed by atoms with E-state index in [4.69, 9.17) is 11.6 Å². The normalized spacial score (nSPS) is 12.2. The smallest absolute Gasteiger partial charge is 0.152 e. The molecule has 0 saturated carbocycles. The Labute approximate surface area is 113 Å². The summed E-state index contributed by atoms with van der Waals surface area (Å²) in [5, 5.41) is 3.94. The largest absolute Gasteiger partial charge is 0.376 e. The fraction of sp³-hybridized carbons (Fsp3) is 0.267. The maximum atomic E-state index is 6.11. The zero-order valence-corrected chi connectivity index (χ0v) is 11.6. The number of pyridine rings is 1. The maximum absolute atomic E-state index is 6.11. The van der Waals surface area contributed by atoms with E-state index < -0.39 is 0 Å². The summed E-state index contributed by atoms with van der Waals surface area (Å²) in [6, 6.07) is 10.7. The fourth-order valence-corrected chi connectivity index (χ4v) is 2.11. The molecule has 1 aromatic carbocycles. The molecule has 0 radical (unpaired) electrons. The molecular weight excluding hydrogens is 244 g/mol. The van der Waals surface area contributed by atoms with Crippen molar-refractivity contribution in [1.82, 2.24) is 4.98 Å². The van der Waals surface area contributed by atoms with E-state index in [0.717, 1.165) is 11.3 Å². The summed E-state index contributed by atoms with van der Waals surface area (Å²) in [5.41, 5.74) is 4.52. The predicted molar refractivity (Wildman–Crippen MR) is 77.2 cm³/mol. The molecule has 0 saturated heterocycles. The number of nitrogens with zero attached hydrogens (tertiary/aromatic N) is 1. The third-order valence-corrected chi connectivity index (χ3v) is 3.34. The number of hydrogen-bond donors (Lipinski definition) is 1. The molecule has 94 valence electrons. The van der Waals surface area contributed by atoms with Crippen molar-refractivity contribution in [2.45, 2.75) is 26.8 Å². The first-order valence-corrected chi connectivity index (χ1v) is 6.40. The molecule has 0 spiro atoms. The van der Waals surface area contributed by atoms with Gasteiger partial charge in [0, 0.05) is 12.2 Å². The Morgan fingerprint density at radius 2 is 1.78 bits per heavy atom. The Kier molecular flexibility index (Phi) is 3.87. The monoisotopic (exact) mass is 260 g/mol. The number of anilines is 1. The Hall–Kier alpha value is -1.54. The van der Waals surface area contributed by atoms with Crippen LogP contribution in [0.5, 0.6) is 0 Å². The van der Waals surface area contributed by atoms with E-state index in [1.165, 1.54) is 11.1 Å². The molecule has 1 atom stereocenters. The van der Waals surface area contributed by atoms with Gasteiger partial charge in [0.1, 0.15) is 0 Å². The second-order valence-electron chi connectivity index (χ2n) is 4.57. The van der Waals surface area contributed by atoms with Crippen LogP contribution in [-0.4, -0.2) is 4.98 Å². The van der Waals surface area contributed by atoms with Crippen molar-refractivity contribution in [3.63, 3.8) is 0 Å². The zero-order valence-electron chi connectivity index (χ0n) is 10.9. The number of aryl methyl sites for hydroxylation is 2. The van der Waals surface area contributed by atoms with Crippen molar-refractivity contribution >= 4 is 17.3 Å². The highest BCUT2D eigenvalue weighted by Gasteiger charge is 2.10. The molecule has 1 N–H and O–H groups in total. The lowest BCUT2D eigenvalue weighted by atomic mass is 10.1. The second-order valence-corrected chi connectivity index (χ2v) is 4.93. The van der Waals surface area contributed by atoms with Gasteiger partial charge in [0.2, 0.25) is 0 Å². The van der Waals surface area contributed by atoms with Crippen molar-refractivity contribution in [2.24, 2.45) is 0 Å². The van der Waals surface area contributed by atoms with Crippen LogP contribution in [0.4, 0.5) is 5.69 Å². The van der Waals surface area contributed by atoms with E-state index in [1.54, 1.807) is 6.20 Å². The Bertz CT molecular complexity index is 514. The van der Waals surface area contributed by atoms with Gasteiger partial charge in [-0.1, -0.05) is 41.4 Å². The number of halogens is 1. The number of benzene rings is 1. The molecule has 0 amide bonds. The highest BCUT2D eigenvalue weighted by atomic mass is 35.5. The van der Waals surface area contributed by atoms with Crippen LogP contribution in [-0.2, 0) is 0 Å². The maximum Gasteiger partial charge on any atom is 0.152 e. The molecule has 0 fully saturated rings. The summed E-state index contributed by atoms with van der Waals surface area (Å²) in [7, 11) is 0. The number of aromatic nitrogens is 1. The minimum atomic E-state index is 0.200. The zero-order chi connectivity index (χ0) is 13.1. The molecule has 1 aromatic heterocycles. The molecule has 0 bridgehead atoms. The number of rotatable bonds is 3. The van der Waals surface area contributed by atoms with Gasteiger partial charge in [0.15, 0.2) is 5.15 Å². The highest BCUT2D eigenvalue weighted by molar-refractivity contribution is 6.32. The number of nitrogens with one attached hydrogen (secondary N) is 1. The van der Waals surface area contributed by atoms with Gasteiger partial charge in [-0.05, 0) is 38.0 Å². The standard InChI is InChI=1S/C15H17ClN2/c1-10-4-6-13(7-5-10)12(3)18-14-11(2)8-9-17-15(14)16/h4-9,12,18H,1-3H3. The summed E-state index contributed by atoms with van der Waals surface area (Å²) in [6.07, 6.45) is 1.72. The van der Waals surface area contributed by atoms with Crippen LogP contribution in [0.15, 0.2) is 36.5 Å². The molecule has 0 aliphatic rings. The van der Waals surface area contributed by atoms with Gasteiger partial charge in [-0.15, -0.1) is 0 Å². The van der Waals surface area contributed by atoms with Crippen molar-refractivity contribution in [1.29, 1.82) is 0 Å². The van der Waals surface area contributed by atoms with Crippen LogP contribution in [0, 0.1) is 13.8 Å². The molecule has 0 aliphatic carbocycles. The third kappa shape index (κ3) is 2.82. The SMILES string of the molecule is Cc1ccc(C(C)Nc2c(C)ccnc2Cl)cc1.